The second-order valence-electron chi connectivity index (χ2n) is 4.64. The molecule has 0 amide bonds. The average molecular weight is 290 g/mol. The second kappa shape index (κ2) is 7.75. The van der Waals surface area contributed by atoms with Gasteiger partial charge in [-0.25, -0.2) is 4.99 Å². The number of aryl methyl sites for hydroxylation is 1. The molecule has 0 unspecified atom stereocenters. The highest BCUT2D eigenvalue weighted by molar-refractivity contribution is 7.09. The number of rotatable bonds is 6. The molecule has 0 spiro atoms. The maximum Gasteiger partial charge on any atom is 0.191 e. The van der Waals surface area contributed by atoms with Gasteiger partial charge in [-0.15, -0.1) is 11.3 Å². The fourth-order valence-electron chi connectivity index (χ4n) is 1.93. The molecule has 0 saturated heterocycles. The van der Waals surface area contributed by atoms with Gasteiger partial charge < -0.3 is 15.2 Å². The third-order valence-corrected chi connectivity index (χ3v) is 3.84. The molecule has 0 aliphatic heterocycles. The zero-order valence-electron chi connectivity index (χ0n) is 12.1. The molecule has 2 aromatic rings. The molecule has 20 heavy (non-hydrogen) atoms. The molecule has 0 saturated carbocycles. The molecule has 0 fully saturated rings. The van der Waals surface area contributed by atoms with E-state index in [1.165, 1.54) is 10.4 Å². The first-order chi connectivity index (χ1) is 9.78. The Morgan fingerprint density at radius 2 is 2.25 bits per heavy atom. The maximum absolute atomic E-state index is 4.60. The van der Waals surface area contributed by atoms with Crippen LogP contribution in [0.1, 0.15) is 17.4 Å². The topological polar surface area (TPSA) is 41.4 Å². The summed E-state index contributed by atoms with van der Waals surface area (Å²) in [5.41, 5.74) is 1.22. The molecule has 0 atom stereocenters. The highest BCUT2D eigenvalue weighted by atomic mass is 32.1. The summed E-state index contributed by atoms with van der Waals surface area (Å²) in [7, 11) is 2.03. The number of thiophene rings is 1. The van der Waals surface area contributed by atoms with E-state index in [4.69, 9.17) is 0 Å². The molecule has 2 N–H and O–H groups in total. The van der Waals surface area contributed by atoms with Gasteiger partial charge in [0.05, 0.1) is 6.54 Å². The summed E-state index contributed by atoms with van der Waals surface area (Å²) in [6.45, 7) is 4.56. The van der Waals surface area contributed by atoms with Gasteiger partial charge in [0.25, 0.3) is 0 Å². The number of nitrogens with zero attached hydrogens (tertiary/aromatic N) is 2. The number of aliphatic imine (C=N–C) groups is 1. The van der Waals surface area contributed by atoms with Crippen molar-refractivity contribution in [2.45, 2.75) is 19.9 Å². The SMILES string of the molecule is CCNC(=NCc1ccn(C)c1)NCCc1cccs1. The van der Waals surface area contributed by atoms with E-state index in [0.717, 1.165) is 25.5 Å². The number of hydrogen-bond acceptors (Lipinski definition) is 2. The number of guanidine groups is 1. The maximum atomic E-state index is 4.60. The first-order valence-corrected chi connectivity index (χ1v) is 7.81. The molecule has 2 heterocycles. The summed E-state index contributed by atoms with van der Waals surface area (Å²) in [6, 6.07) is 6.35. The van der Waals surface area contributed by atoms with E-state index in [9.17, 15) is 0 Å². The molecule has 0 bridgehead atoms. The lowest BCUT2D eigenvalue weighted by Crippen LogP contribution is -2.38. The van der Waals surface area contributed by atoms with E-state index in [1.54, 1.807) is 11.3 Å². The molecule has 5 heteroatoms. The molecule has 108 valence electrons. The van der Waals surface area contributed by atoms with E-state index in [2.05, 4.69) is 52.3 Å². The zero-order valence-corrected chi connectivity index (χ0v) is 12.9. The summed E-state index contributed by atoms with van der Waals surface area (Å²) in [4.78, 5) is 6.00. The highest BCUT2D eigenvalue weighted by Crippen LogP contribution is 2.08. The van der Waals surface area contributed by atoms with Crippen molar-refractivity contribution in [3.05, 3.63) is 46.4 Å². The molecular weight excluding hydrogens is 268 g/mol. The predicted molar refractivity (Wildman–Crippen MR) is 86.3 cm³/mol. The number of hydrogen-bond donors (Lipinski definition) is 2. The van der Waals surface area contributed by atoms with Crippen molar-refractivity contribution in [3.8, 4) is 0 Å². The Kier molecular flexibility index (Phi) is 5.68. The molecule has 0 aliphatic carbocycles. The molecule has 0 aliphatic rings. The van der Waals surface area contributed by atoms with Crippen LogP contribution in [0.3, 0.4) is 0 Å². The van der Waals surface area contributed by atoms with Gasteiger partial charge in [-0.2, -0.15) is 0 Å². The monoisotopic (exact) mass is 290 g/mol. The van der Waals surface area contributed by atoms with Crippen LogP contribution < -0.4 is 10.6 Å². The smallest absolute Gasteiger partial charge is 0.191 e. The van der Waals surface area contributed by atoms with Crippen molar-refractivity contribution in [1.29, 1.82) is 0 Å². The first-order valence-electron chi connectivity index (χ1n) is 6.93. The molecule has 2 aromatic heterocycles. The average Bonchev–Trinajstić information content (AvgIpc) is 3.07. The van der Waals surface area contributed by atoms with Crippen LogP contribution in [0.5, 0.6) is 0 Å². The van der Waals surface area contributed by atoms with Gasteiger partial charge in [-0.3, -0.25) is 0 Å². The number of nitrogens with one attached hydrogen (secondary N) is 2. The van der Waals surface area contributed by atoms with Gasteiger partial charge in [-0.1, -0.05) is 6.07 Å². The van der Waals surface area contributed by atoms with Gasteiger partial charge in [0.1, 0.15) is 0 Å². The Balaban J connectivity index is 1.82. The van der Waals surface area contributed by atoms with Crippen LogP contribution in [-0.2, 0) is 20.0 Å². The Morgan fingerprint density at radius 1 is 1.35 bits per heavy atom. The fourth-order valence-corrected chi connectivity index (χ4v) is 2.63. The van der Waals surface area contributed by atoms with Crippen molar-refractivity contribution in [3.63, 3.8) is 0 Å². The molecule has 2 rings (SSSR count). The third kappa shape index (κ3) is 4.74. The van der Waals surface area contributed by atoms with E-state index < -0.39 is 0 Å². The Labute approximate surface area is 124 Å². The summed E-state index contributed by atoms with van der Waals surface area (Å²) in [5.74, 6) is 0.882. The van der Waals surface area contributed by atoms with Gasteiger partial charge in [0, 0.05) is 37.4 Å². The van der Waals surface area contributed by atoms with Crippen LogP contribution in [0.15, 0.2) is 41.0 Å². The Morgan fingerprint density at radius 3 is 2.90 bits per heavy atom. The zero-order chi connectivity index (χ0) is 14.2. The minimum atomic E-state index is 0.704. The quantitative estimate of drug-likeness (QED) is 0.633. The molecule has 4 nitrogen and oxygen atoms in total. The summed E-state index contributed by atoms with van der Waals surface area (Å²) in [5, 5.41) is 8.77. The largest absolute Gasteiger partial charge is 0.357 e. The minimum Gasteiger partial charge on any atom is -0.357 e. The van der Waals surface area contributed by atoms with E-state index in [1.807, 2.05) is 17.8 Å². The normalized spacial score (nSPS) is 11.6. The molecule has 0 radical (unpaired) electrons. The van der Waals surface area contributed by atoms with Gasteiger partial charge in [-0.05, 0) is 36.4 Å². The van der Waals surface area contributed by atoms with E-state index in [-0.39, 0.29) is 0 Å². The molecule has 0 aromatic carbocycles. The first kappa shape index (κ1) is 14.7. The van der Waals surface area contributed by atoms with Gasteiger partial charge in [0.2, 0.25) is 0 Å². The Hall–Kier alpha value is -1.75. The summed E-state index contributed by atoms with van der Waals surface area (Å²) in [6.07, 6.45) is 5.17. The standard InChI is InChI=1S/C15H22N4S/c1-3-16-15(17-8-6-14-5-4-10-20-14)18-11-13-7-9-19(2)12-13/h4-5,7,9-10,12H,3,6,8,11H2,1-2H3,(H2,16,17,18). The fraction of sp³-hybridized carbons (Fsp3) is 0.400. The third-order valence-electron chi connectivity index (χ3n) is 2.90. The van der Waals surface area contributed by atoms with Crippen molar-refractivity contribution in [1.82, 2.24) is 15.2 Å². The summed E-state index contributed by atoms with van der Waals surface area (Å²) < 4.78 is 2.04. The number of aromatic nitrogens is 1. The van der Waals surface area contributed by atoms with Crippen molar-refractivity contribution in [2.24, 2.45) is 12.0 Å². The molecular formula is C15H22N4S. The Bertz CT molecular complexity index is 528. The lowest BCUT2D eigenvalue weighted by molar-refractivity contribution is 0.804. The van der Waals surface area contributed by atoms with E-state index in [0.29, 0.717) is 6.54 Å². The van der Waals surface area contributed by atoms with Gasteiger partial charge >= 0.3 is 0 Å². The van der Waals surface area contributed by atoms with Crippen LogP contribution in [0.4, 0.5) is 0 Å². The minimum absolute atomic E-state index is 0.704. The van der Waals surface area contributed by atoms with Gasteiger partial charge in [0.15, 0.2) is 5.96 Å². The lowest BCUT2D eigenvalue weighted by Gasteiger charge is -2.10. The van der Waals surface area contributed by atoms with Crippen LogP contribution in [0.2, 0.25) is 0 Å². The summed E-state index contributed by atoms with van der Waals surface area (Å²) >= 11 is 1.80. The lowest BCUT2D eigenvalue weighted by atomic mass is 10.3. The van der Waals surface area contributed by atoms with Crippen LogP contribution in [0, 0.1) is 0 Å². The van der Waals surface area contributed by atoms with Crippen LogP contribution >= 0.6 is 11.3 Å². The van der Waals surface area contributed by atoms with Crippen molar-refractivity contribution < 1.29 is 0 Å². The van der Waals surface area contributed by atoms with Crippen molar-refractivity contribution in [2.75, 3.05) is 13.1 Å². The van der Waals surface area contributed by atoms with E-state index >= 15 is 0 Å². The van der Waals surface area contributed by atoms with Crippen LogP contribution in [0.25, 0.3) is 0 Å². The second-order valence-corrected chi connectivity index (χ2v) is 5.67. The van der Waals surface area contributed by atoms with Crippen LogP contribution in [-0.4, -0.2) is 23.6 Å². The highest BCUT2D eigenvalue weighted by Gasteiger charge is 1.99. The van der Waals surface area contributed by atoms with Crippen molar-refractivity contribution >= 4 is 17.3 Å². The predicted octanol–water partition coefficient (Wildman–Crippen LogP) is 2.38.